The van der Waals surface area contributed by atoms with Gasteiger partial charge < -0.3 is 5.11 Å². The van der Waals surface area contributed by atoms with Gasteiger partial charge in [-0.3, -0.25) is 0 Å². The predicted molar refractivity (Wildman–Crippen MR) is 45.5 cm³/mol. The van der Waals surface area contributed by atoms with Gasteiger partial charge in [-0.25, -0.2) is 13.2 Å². The van der Waals surface area contributed by atoms with E-state index in [2.05, 4.69) is 0 Å². The van der Waals surface area contributed by atoms with E-state index in [1.807, 2.05) is 0 Å². The summed E-state index contributed by atoms with van der Waals surface area (Å²) < 4.78 is 39.0. The lowest BCUT2D eigenvalue weighted by molar-refractivity contribution is 0.433. The first-order valence-corrected chi connectivity index (χ1v) is 3.86. The van der Waals surface area contributed by atoms with Gasteiger partial charge in [0.05, 0.1) is 5.39 Å². The van der Waals surface area contributed by atoms with E-state index < -0.39 is 28.6 Å². The Hall–Kier alpha value is -1.71. The summed E-state index contributed by atoms with van der Waals surface area (Å²) in [6.07, 6.45) is 0. The van der Waals surface area contributed by atoms with E-state index in [0.717, 1.165) is 6.07 Å². The number of hydrogen-bond donors (Lipinski definition) is 1. The second-order valence-electron chi connectivity index (χ2n) is 2.85. The lowest BCUT2D eigenvalue weighted by Gasteiger charge is -2.04. The molecule has 2 aromatic rings. The summed E-state index contributed by atoms with van der Waals surface area (Å²) in [5, 5.41) is 8.62. The molecule has 0 heterocycles. The van der Waals surface area contributed by atoms with Crippen LogP contribution in [0.3, 0.4) is 0 Å². The molecule has 14 heavy (non-hydrogen) atoms. The molecule has 0 radical (unpaired) electrons. The summed E-state index contributed by atoms with van der Waals surface area (Å²) >= 11 is 0. The fourth-order valence-electron chi connectivity index (χ4n) is 1.34. The van der Waals surface area contributed by atoms with E-state index in [0.29, 0.717) is 6.07 Å². The van der Waals surface area contributed by atoms with Crippen molar-refractivity contribution in [2.24, 2.45) is 0 Å². The molecule has 2 aromatic carbocycles. The van der Waals surface area contributed by atoms with Gasteiger partial charge in [0.15, 0.2) is 11.6 Å². The van der Waals surface area contributed by atoms with Gasteiger partial charge in [-0.1, -0.05) is 12.1 Å². The number of benzene rings is 2. The number of halogens is 3. The average molecular weight is 198 g/mol. The Morgan fingerprint density at radius 3 is 2.36 bits per heavy atom. The highest BCUT2D eigenvalue weighted by Crippen LogP contribution is 2.31. The van der Waals surface area contributed by atoms with Crippen LogP contribution in [-0.4, -0.2) is 5.11 Å². The molecule has 0 unspecified atom stereocenters. The minimum Gasteiger partial charge on any atom is -0.504 e. The minimum absolute atomic E-state index is 0.135. The van der Waals surface area contributed by atoms with Crippen molar-refractivity contribution in [2.45, 2.75) is 0 Å². The van der Waals surface area contributed by atoms with Gasteiger partial charge in [0.1, 0.15) is 11.6 Å². The maximum absolute atomic E-state index is 13.1. The molecule has 0 spiro atoms. The molecule has 0 aliphatic carbocycles. The van der Waals surface area contributed by atoms with Gasteiger partial charge >= 0.3 is 0 Å². The van der Waals surface area contributed by atoms with Crippen molar-refractivity contribution in [3.05, 3.63) is 41.7 Å². The van der Waals surface area contributed by atoms with Crippen molar-refractivity contribution in [1.29, 1.82) is 0 Å². The van der Waals surface area contributed by atoms with Crippen LogP contribution in [0, 0.1) is 17.5 Å². The van der Waals surface area contributed by atoms with Crippen LogP contribution in [0.2, 0.25) is 0 Å². The first kappa shape index (κ1) is 8.87. The van der Waals surface area contributed by atoms with Crippen LogP contribution in [0.1, 0.15) is 0 Å². The summed E-state index contributed by atoms with van der Waals surface area (Å²) in [5.74, 6) is -3.77. The van der Waals surface area contributed by atoms with E-state index in [-0.39, 0.29) is 5.39 Å². The van der Waals surface area contributed by atoms with Crippen LogP contribution in [0.4, 0.5) is 13.2 Å². The predicted octanol–water partition coefficient (Wildman–Crippen LogP) is 2.96. The molecule has 0 aromatic heterocycles. The number of hydrogen-bond acceptors (Lipinski definition) is 1. The summed E-state index contributed by atoms with van der Waals surface area (Å²) in [4.78, 5) is 0. The fourth-order valence-corrected chi connectivity index (χ4v) is 1.34. The van der Waals surface area contributed by atoms with Crippen molar-refractivity contribution < 1.29 is 18.3 Å². The number of aromatic hydroxyl groups is 1. The summed E-state index contributed by atoms with van der Waals surface area (Å²) in [6.45, 7) is 0. The van der Waals surface area contributed by atoms with E-state index in [1.165, 1.54) is 12.1 Å². The van der Waals surface area contributed by atoms with Crippen LogP contribution in [0.5, 0.6) is 5.75 Å². The standard InChI is InChI=1S/C10H5F3O/c11-6-3-1-2-5-7(12)4-8(13)10(14)9(5)6/h1-4,14H. The molecule has 0 aliphatic rings. The third-order valence-electron chi connectivity index (χ3n) is 1.99. The molecule has 4 heteroatoms. The maximum Gasteiger partial charge on any atom is 0.168 e. The average Bonchev–Trinajstić information content (AvgIpc) is 2.14. The van der Waals surface area contributed by atoms with Crippen LogP contribution in [0.25, 0.3) is 10.8 Å². The smallest absolute Gasteiger partial charge is 0.168 e. The molecule has 72 valence electrons. The van der Waals surface area contributed by atoms with E-state index in [9.17, 15) is 18.3 Å². The first-order chi connectivity index (χ1) is 6.61. The molecule has 0 aliphatic heterocycles. The van der Waals surface area contributed by atoms with Gasteiger partial charge in [0.25, 0.3) is 0 Å². The van der Waals surface area contributed by atoms with Crippen molar-refractivity contribution in [3.63, 3.8) is 0 Å². The molecular formula is C10H5F3O. The molecular weight excluding hydrogens is 193 g/mol. The molecule has 0 saturated heterocycles. The van der Waals surface area contributed by atoms with E-state index >= 15 is 0 Å². The lowest BCUT2D eigenvalue weighted by atomic mass is 10.1. The third-order valence-corrected chi connectivity index (χ3v) is 1.99. The Kier molecular flexibility index (Phi) is 1.84. The molecule has 0 bridgehead atoms. The molecule has 0 atom stereocenters. The number of rotatable bonds is 0. The van der Waals surface area contributed by atoms with Gasteiger partial charge in [0, 0.05) is 11.5 Å². The van der Waals surface area contributed by atoms with Crippen LogP contribution >= 0.6 is 0 Å². The Morgan fingerprint density at radius 2 is 1.64 bits per heavy atom. The maximum atomic E-state index is 13.1. The fraction of sp³-hybridized carbons (Fsp3) is 0. The zero-order chi connectivity index (χ0) is 10.3. The highest BCUT2D eigenvalue weighted by molar-refractivity contribution is 5.89. The SMILES string of the molecule is Oc1c(F)cc(F)c2cccc(F)c12. The number of phenols is 1. The molecule has 0 saturated carbocycles. The molecule has 0 fully saturated rings. The lowest BCUT2D eigenvalue weighted by Crippen LogP contribution is -1.88. The van der Waals surface area contributed by atoms with Crippen molar-refractivity contribution in [3.8, 4) is 5.75 Å². The van der Waals surface area contributed by atoms with Gasteiger partial charge in [-0.15, -0.1) is 0 Å². The highest BCUT2D eigenvalue weighted by atomic mass is 19.1. The first-order valence-electron chi connectivity index (χ1n) is 3.86. The number of fused-ring (bicyclic) bond motifs is 1. The van der Waals surface area contributed by atoms with Crippen molar-refractivity contribution in [1.82, 2.24) is 0 Å². The van der Waals surface area contributed by atoms with E-state index in [1.54, 1.807) is 0 Å². The zero-order valence-corrected chi connectivity index (χ0v) is 6.89. The second-order valence-corrected chi connectivity index (χ2v) is 2.85. The number of phenolic OH excluding ortho intramolecular Hbond substituents is 1. The Bertz CT molecular complexity index is 508. The third kappa shape index (κ3) is 1.11. The summed E-state index contributed by atoms with van der Waals surface area (Å²) in [5.41, 5.74) is 0. The second kappa shape index (κ2) is 2.90. The van der Waals surface area contributed by atoms with E-state index in [4.69, 9.17) is 0 Å². The van der Waals surface area contributed by atoms with Gasteiger partial charge in [-0.05, 0) is 6.07 Å². The van der Waals surface area contributed by atoms with Gasteiger partial charge in [-0.2, -0.15) is 0 Å². The molecule has 0 amide bonds. The molecule has 2 rings (SSSR count). The topological polar surface area (TPSA) is 20.2 Å². The Labute approximate surface area is 77.4 Å². The Morgan fingerprint density at radius 1 is 0.929 bits per heavy atom. The monoisotopic (exact) mass is 198 g/mol. The minimum atomic E-state index is -1.17. The zero-order valence-electron chi connectivity index (χ0n) is 6.89. The normalized spacial score (nSPS) is 10.8. The van der Waals surface area contributed by atoms with Crippen LogP contribution in [0.15, 0.2) is 24.3 Å². The van der Waals surface area contributed by atoms with Crippen LogP contribution < -0.4 is 0 Å². The van der Waals surface area contributed by atoms with Crippen molar-refractivity contribution >= 4 is 10.8 Å². The highest BCUT2D eigenvalue weighted by Gasteiger charge is 2.14. The van der Waals surface area contributed by atoms with Gasteiger partial charge in [0.2, 0.25) is 0 Å². The summed E-state index contributed by atoms with van der Waals surface area (Å²) in [6, 6.07) is 4.11. The molecule has 1 nitrogen and oxygen atoms in total. The quantitative estimate of drug-likeness (QED) is 0.689. The Balaban J connectivity index is 3.03. The molecule has 1 N–H and O–H groups in total. The van der Waals surface area contributed by atoms with Crippen LogP contribution in [-0.2, 0) is 0 Å². The van der Waals surface area contributed by atoms with Crippen molar-refractivity contribution in [2.75, 3.05) is 0 Å². The summed E-state index contributed by atoms with van der Waals surface area (Å²) in [7, 11) is 0. The largest absolute Gasteiger partial charge is 0.504 e.